The van der Waals surface area contributed by atoms with Crippen LogP contribution in [0.25, 0.3) is 0 Å². The van der Waals surface area contributed by atoms with Gasteiger partial charge >= 0.3 is 0 Å². The Kier molecular flexibility index (Phi) is 2.24. The van der Waals surface area contributed by atoms with Crippen LogP contribution in [0.1, 0.15) is 10.4 Å². The fourth-order valence-corrected chi connectivity index (χ4v) is 2.81. The number of fused-ring (bicyclic) bond motifs is 1. The molecule has 2 rings (SSSR count). The third-order valence-corrected chi connectivity index (χ3v) is 4.22. The molecule has 80 valence electrons. The fraction of sp³-hybridized carbons (Fsp3) is 0.222. The minimum Gasteiger partial charge on any atom is -0.293 e. The van der Waals surface area contributed by atoms with Crippen LogP contribution in [0.4, 0.5) is 5.69 Å². The number of hydrogen-bond acceptors (Lipinski definition) is 3. The predicted molar refractivity (Wildman–Crippen MR) is 58.0 cm³/mol. The van der Waals surface area contributed by atoms with Gasteiger partial charge in [0.05, 0.1) is 5.69 Å². The number of ketones is 1. The second kappa shape index (κ2) is 3.21. The highest BCUT2D eigenvalue weighted by Gasteiger charge is 2.32. The molecule has 0 fully saturated rings. The van der Waals surface area contributed by atoms with Crippen LogP contribution in [0.5, 0.6) is 0 Å². The van der Waals surface area contributed by atoms with E-state index >= 15 is 0 Å². The number of halogens is 1. The lowest BCUT2D eigenvalue weighted by Gasteiger charge is -2.26. The van der Waals surface area contributed by atoms with Crippen molar-refractivity contribution in [3.8, 4) is 0 Å². The lowest BCUT2D eigenvalue weighted by Crippen LogP contribution is -2.37. The number of carbonyl (C=O) groups excluding carboxylic acids is 1. The molecule has 0 atom stereocenters. The van der Waals surface area contributed by atoms with Crippen molar-refractivity contribution in [2.45, 2.75) is 0 Å². The van der Waals surface area contributed by atoms with E-state index in [1.54, 1.807) is 6.07 Å². The van der Waals surface area contributed by atoms with E-state index in [-0.39, 0.29) is 0 Å². The molecule has 0 unspecified atom stereocenters. The molecule has 1 heterocycles. The van der Waals surface area contributed by atoms with Gasteiger partial charge in [0.15, 0.2) is 5.78 Å². The third-order valence-electron chi connectivity index (χ3n) is 2.33. The van der Waals surface area contributed by atoms with Crippen molar-refractivity contribution in [1.82, 2.24) is 0 Å². The average Bonchev–Trinajstić information content (AvgIpc) is 2.14. The Balaban J connectivity index is 2.69. The van der Waals surface area contributed by atoms with Gasteiger partial charge in [0.1, 0.15) is 5.75 Å². The highest BCUT2D eigenvalue weighted by atomic mass is 35.5. The van der Waals surface area contributed by atoms with Crippen molar-refractivity contribution in [3.05, 3.63) is 28.8 Å². The standard InChI is InChI=1S/C9H8ClNO3S/c1-11-8-3-2-6(10)4-7(8)9(12)5-15(11,13)14/h2-4H,5H2,1H3. The molecule has 0 saturated heterocycles. The maximum absolute atomic E-state index is 11.5. The summed E-state index contributed by atoms with van der Waals surface area (Å²) in [6.07, 6.45) is 0. The van der Waals surface area contributed by atoms with Crippen LogP contribution in [0, 0.1) is 0 Å². The molecular formula is C9H8ClNO3S. The van der Waals surface area contributed by atoms with Gasteiger partial charge in [-0.15, -0.1) is 0 Å². The first kappa shape index (κ1) is 10.4. The summed E-state index contributed by atoms with van der Waals surface area (Å²) in [5.74, 6) is -0.901. The van der Waals surface area contributed by atoms with E-state index in [1.165, 1.54) is 19.2 Å². The van der Waals surface area contributed by atoms with E-state index in [1.807, 2.05) is 0 Å². The van der Waals surface area contributed by atoms with Gasteiger partial charge in [0, 0.05) is 17.6 Å². The molecule has 4 nitrogen and oxygen atoms in total. The lowest BCUT2D eigenvalue weighted by atomic mass is 10.1. The van der Waals surface area contributed by atoms with E-state index in [2.05, 4.69) is 0 Å². The normalized spacial score (nSPS) is 18.8. The highest BCUT2D eigenvalue weighted by molar-refractivity contribution is 7.93. The zero-order valence-electron chi connectivity index (χ0n) is 7.90. The maximum atomic E-state index is 11.5. The number of benzene rings is 1. The van der Waals surface area contributed by atoms with E-state index < -0.39 is 21.6 Å². The summed E-state index contributed by atoms with van der Waals surface area (Å²) in [4.78, 5) is 11.5. The topological polar surface area (TPSA) is 54.5 Å². The van der Waals surface area contributed by atoms with Crippen LogP contribution in [-0.4, -0.2) is 27.0 Å². The molecule has 1 aromatic rings. The molecule has 1 aromatic carbocycles. The van der Waals surface area contributed by atoms with Crippen LogP contribution in [0.15, 0.2) is 18.2 Å². The molecule has 0 N–H and O–H groups in total. The highest BCUT2D eigenvalue weighted by Crippen LogP contribution is 2.30. The number of sulfonamides is 1. The van der Waals surface area contributed by atoms with Gasteiger partial charge in [-0.2, -0.15) is 0 Å². The zero-order valence-corrected chi connectivity index (χ0v) is 9.47. The molecule has 0 bridgehead atoms. The Morgan fingerprint density at radius 1 is 1.40 bits per heavy atom. The smallest absolute Gasteiger partial charge is 0.242 e. The minimum atomic E-state index is -3.50. The first-order valence-corrected chi connectivity index (χ1v) is 6.20. The van der Waals surface area contributed by atoms with E-state index in [0.717, 1.165) is 4.31 Å². The van der Waals surface area contributed by atoms with Gasteiger partial charge in [-0.25, -0.2) is 8.42 Å². The summed E-state index contributed by atoms with van der Waals surface area (Å²) in [5, 5.41) is 0.426. The Labute approximate surface area is 92.5 Å². The second-order valence-corrected chi connectivity index (χ2v) is 5.75. The van der Waals surface area contributed by atoms with Crippen LogP contribution in [-0.2, 0) is 10.0 Å². The summed E-state index contributed by atoms with van der Waals surface area (Å²) in [7, 11) is -2.07. The molecule has 0 spiro atoms. The van der Waals surface area contributed by atoms with Gasteiger partial charge in [-0.3, -0.25) is 9.10 Å². The molecule has 0 radical (unpaired) electrons. The van der Waals surface area contributed by atoms with E-state index in [4.69, 9.17) is 11.6 Å². The summed E-state index contributed by atoms with van der Waals surface area (Å²) < 4.78 is 24.1. The second-order valence-electron chi connectivity index (χ2n) is 3.31. The molecule has 1 aliphatic heterocycles. The molecule has 0 aromatic heterocycles. The molecule has 1 aliphatic rings. The van der Waals surface area contributed by atoms with E-state index in [0.29, 0.717) is 16.3 Å². The Morgan fingerprint density at radius 3 is 2.73 bits per heavy atom. The molecule has 15 heavy (non-hydrogen) atoms. The Morgan fingerprint density at radius 2 is 2.07 bits per heavy atom. The number of hydrogen-bond donors (Lipinski definition) is 0. The quantitative estimate of drug-likeness (QED) is 0.692. The summed E-state index contributed by atoms with van der Waals surface area (Å²) in [5.41, 5.74) is 0.746. The number of rotatable bonds is 0. The van der Waals surface area contributed by atoms with Gasteiger partial charge in [0.2, 0.25) is 10.0 Å². The lowest BCUT2D eigenvalue weighted by molar-refractivity contribution is 0.102. The van der Waals surface area contributed by atoms with E-state index in [9.17, 15) is 13.2 Å². The number of nitrogens with zero attached hydrogens (tertiary/aromatic N) is 1. The predicted octanol–water partition coefficient (Wildman–Crippen LogP) is 1.30. The first-order chi connectivity index (χ1) is 6.92. The first-order valence-electron chi connectivity index (χ1n) is 4.21. The summed E-state index contributed by atoms with van der Waals surface area (Å²) in [6, 6.07) is 4.59. The third kappa shape index (κ3) is 1.61. The van der Waals surface area contributed by atoms with Crippen molar-refractivity contribution in [3.63, 3.8) is 0 Å². The van der Waals surface area contributed by atoms with Crippen LogP contribution in [0.2, 0.25) is 5.02 Å². The van der Waals surface area contributed by atoms with Crippen LogP contribution in [0.3, 0.4) is 0 Å². The summed E-state index contributed by atoms with van der Waals surface area (Å²) >= 11 is 5.74. The monoisotopic (exact) mass is 245 g/mol. The minimum absolute atomic E-state index is 0.361. The van der Waals surface area contributed by atoms with Crippen LogP contribution >= 0.6 is 11.6 Å². The van der Waals surface area contributed by atoms with Gasteiger partial charge in [-0.05, 0) is 18.2 Å². The van der Waals surface area contributed by atoms with Crippen molar-refractivity contribution in [1.29, 1.82) is 0 Å². The zero-order chi connectivity index (χ0) is 11.2. The number of anilines is 1. The Bertz CT molecular complexity index is 538. The van der Waals surface area contributed by atoms with Crippen molar-refractivity contribution in [2.24, 2.45) is 0 Å². The van der Waals surface area contributed by atoms with Crippen molar-refractivity contribution in [2.75, 3.05) is 17.1 Å². The van der Waals surface area contributed by atoms with Crippen molar-refractivity contribution < 1.29 is 13.2 Å². The maximum Gasteiger partial charge on any atom is 0.242 e. The van der Waals surface area contributed by atoms with Crippen molar-refractivity contribution >= 4 is 33.1 Å². The Hall–Kier alpha value is -1.07. The molecule has 0 saturated carbocycles. The molecule has 0 amide bonds. The van der Waals surface area contributed by atoms with Gasteiger partial charge < -0.3 is 0 Å². The van der Waals surface area contributed by atoms with Crippen LogP contribution < -0.4 is 4.31 Å². The molecular weight excluding hydrogens is 238 g/mol. The fourth-order valence-electron chi connectivity index (χ4n) is 1.50. The SMILES string of the molecule is CN1c2ccc(Cl)cc2C(=O)CS1(=O)=O. The van der Waals surface area contributed by atoms with Gasteiger partial charge in [0.25, 0.3) is 0 Å². The largest absolute Gasteiger partial charge is 0.293 e. The molecule has 0 aliphatic carbocycles. The summed E-state index contributed by atoms with van der Waals surface area (Å²) in [6.45, 7) is 0. The van der Waals surface area contributed by atoms with Gasteiger partial charge in [-0.1, -0.05) is 11.6 Å². The number of carbonyl (C=O) groups is 1. The average molecular weight is 246 g/mol. The number of Topliss-reactive ketones (excluding diaryl/α,β-unsaturated/α-hetero) is 1. The molecule has 6 heteroatoms.